The molecule has 0 spiro atoms. The number of fused-ring (bicyclic) bond motifs is 1. The molecular weight excluding hydrogens is 258 g/mol. The van der Waals surface area contributed by atoms with Gasteiger partial charge in [0.1, 0.15) is 5.75 Å². The number of H-pyrrole nitrogens is 1. The molecule has 3 aromatic rings. The second kappa shape index (κ2) is 5.42. The summed E-state index contributed by atoms with van der Waals surface area (Å²) in [4.78, 5) is 1.20. The number of aromatic amines is 1. The van der Waals surface area contributed by atoms with E-state index in [4.69, 9.17) is 10.5 Å². The van der Waals surface area contributed by atoms with Crippen LogP contribution in [0.2, 0.25) is 0 Å². The summed E-state index contributed by atoms with van der Waals surface area (Å²) >= 11 is 1.69. The summed E-state index contributed by atoms with van der Waals surface area (Å²) in [6.07, 6.45) is 2.58. The minimum absolute atomic E-state index is 0.0450. The summed E-state index contributed by atoms with van der Waals surface area (Å²) in [7, 11) is 0. The average molecular weight is 273 g/mol. The Morgan fingerprint density at radius 2 is 2.26 bits per heavy atom. The van der Waals surface area contributed by atoms with E-state index < -0.39 is 0 Å². The third-order valence-corrected chi connectivity index (χ3v) is 4.04. The molecule has 1 aromatic carbocycles. The third kappa shape index (κ3) is 2.62. The molecule has 0 aliphatic rings. The summed E-state index contributed by atoms with van der Waals surface area (Å²) in [5, 5.41) is 10.00. The Morgan fingerprint density at radius 3 is 3.11 bits per heavy atom. The molecule has 1 atom stereocenters. The van der Waals surface area contributed by atoms with Crippen LogP contribution in [0.4, 0.5) is 0 Å². The van der Waals surface area contributed by atoms with Gasteiger partial charge in [-0.05, 0) is 23.6 Å². The molecular formula is C14H15N3OS. The predicted molar refractivity (Wildman–Crippen MR) is 77.5 cm³/mol. The number of hydrogen-bond donors (Lipinski definition) is 2. The van der Waals surface area contributed by atoms with E-state index in [9.17, 15) is 0 Å². The van der Waals surface area contributed by atoms with Gasteiger partial charge in [-0.3, -0.25) is 5.10 Å². The van der Waals surface area contributed by atoms with Gasteiger partial charge in [0.25, 0.3) is 0 Å². The van der Waals surface area contributed by atoms with Crippen LogP contribution < -0.4 is 10.5 Å². The van der Waals surface area contributed by atoms with E-state index in [-0.39, 0.29) is 6.04 Å². The maximum Gasteiger partial charge on any atom is 0.130 e. The lowest BCUT2D eigenvalue weighted by Crippen LogP contribution is -2.12. The lowest BCUT2D eigenvalue weighted by atomic mass is 10.2. The average Bonchev–Trinajstić information content (AvgIpc) is 3.10. The van der Waals surface area contributed by atoms with Gasteiger partial charge < -0.3 is 10.5 Å². The van der Waals surface area contributed by atoms with Crippen molar-refractivity contribution >= 4 is 22.2 Å². The molecule has 0 fully saturated rings. The fraction of sp³-hybridized carbons (Fsp3) is 0.214. The van der Waals surface area contributed by atoms with Crippen molar-refractivity contribution in [3.05, 3.63) is 46.8 Å². The molecule has 1 unspecified atom stereocenters. The van der Waals surface area contributed by atoms with Crippen molar-refractivity contribution in [2.45, 2.75) is 12.5 Å². The van der Waals surface area contributed by atoms with Crippen molar-refractivity contribution < 1.29 is 4.74 Å². The Hall–Kier alpha value is -1.85. The van der Waals surface area contributed by atoms with Crippen molar-refractivity contribution in [1.29, 1.82) is 0 Å². The number of ether oxygens (including phenoxy) is 1. The highest BCUT2D eigenvalue weighted by molar-refractivity contribution is 7.10. The molecule has 98 valence electrons. The van der Waals surface area contributed by atoms with Gasteiger partial charge in [-0.2, -0.15) is 5.10 Å². The number of nitrogens with one attached hydrogen (secondary N) is 1. The molecule has 0 saturated heterocycles. The third-order valence-electron chi connectivity index (χ3n) is 3.04. The molecule has 0 aliphatic heterocycles. The van der Waals surface area contributed by atoms with Crippen LogP contribution in [0, 0.1) is 0 Å². The molecule has 3 N–H and O–H groups in total. The standard InChI is InChI=1S/C14H15N3OS/c15-11(14-5-2-8-19-14)6-7-18-13-4-1-3-12-10(13)9-16-17-12/h1-5,8-9,11H,6-7,15H2,(H,16,17). The predicted octanol–water partition coefficient (Wildman–Crippen LogP) is 3.09. The van der Waals surface area contributed by atoms with Gasteiger partial charge in [0.05, 0.1) is 23.7 Å². The Bertz CT molecular complexity index is 648. The zero-order valence-corrected chi connectivity index (χ0v) is 11.2. The molecule has 4 nitrogen and oxygen atoms in total. The summed E-state index contributed by atoms with van der Waals surface area (Å²) in [5.41, 5.74) is 7.09. The smallest absolute Gasteiger partial charge is 0.130 e. The Balaban J connectivity index is 1.62. The first-order chi connectivity index (χ1) is 9.34. The highest BCUT2D eigenvalue weighted by Gasteiger charge is 2.08. The second-order valence-electron chi connectivity index (χ2n) is 4.35. The first-order valence-corrected chi connectivity index (χ1v) is 7.06. The van der Waals surface area contributed by atoms with Crippen LogP contribution in [-0.4, -0.2) is 16.8 Å². The van der Waals surface area contributed by atoms with Crippen LogP contribution in [-0.2, 0) is 0 Å². The van der Waals surface area contributed by atoms with Gasteiger partial charge in [0, 0.05) is 17.3 Å². The molecule has 0 radical (unpaired) electrons. The Kier molecular flexibility index (Phi) is 3.48. The number of rotatable bonds is 5. The highest BCUT2D eigenvalue weighted by Crippen LogP contribution is 2.25. The van der Waals surface area contributed by atoms with Gasteiger partial charge in [0.2, 0.25) is 0 Å². The normalized spacial score (nSPS) is 12.7. The van der Waals surface area contributed by atoms with Crippen molar-refractivity contribution in [2.75, 3.05) is 6.61 Å². The summed E-state index contributed by atoms with van der Waals surface area (Å²) < 4.78 is 5.81. The zero-order chi connectivity index (χ0) is 13.1. The molecule has 0 saturated carbocycles. The molecule has 2 heterocycles. The number of nitrogens with two attached hydrogens (primary N) is 1. The quantitative estimate of drug-likeness (QED) is 0.750. The van der Waals surface area contributed by atoms with Crippen LogP contribution in [0.1, 0.15) is 17.3 Å². The second-order valence-corrected chi connectivity index (χ2v) is 5.33. The molecule has 2 aromatic heterocycles. The van der Waals surface area contributed by atoms with E-state index in [1.165, 1.54) is 4.88 Å². The molecule has 19 heavy (non-hydrogen) atoms. The highest BCUT2D eigenvalue weighted by atomic mass is 32.1. The topological polar surface area (TPSA) is 63.9 Å². The van der Waals surface area contributed by atoms with Crippen molar-refractivity contribution in [1.82, 2.24) is 10.2 Å². The largest absolute Gasteiger partial charge is 0.493 e. The van der Waals surface area contributed by atoms with Gasteiger partial charge in [-0.25, -0.2) is 0 Å². The first-order valence-electron chi connectivity index (χ1n) is 6.18. The van der Waals surface area contributed by atoms with Gasteiger partial charge >= 0.3 is 0 Å². The van der Waals surface area contributed by atoms with Crippen LogP contribution in [0.5, 0.6) is 5.75 Å². The number of thiophene rings is 1. The van der Waals surface area contributed by atoms with Crippen LogP contribution in [0.15, 0.2) is 41.9 Å². The fourth-order valence-corrected chi connectivity index (χ4v) is 2.77. The van der Waals surface area contributed by atoms with E-state index >= 15 is 0 Å². The maximum atomic E-state index is 6.11. The van der Waals surface area contributed by atoms with Gasteiger partial charge in [-0.15, -0.1) is 11.3 Å². The lowest BCUT2D eigenvalue weighted by Gasteiger charge is -2.11. The molecule has 5 heteroatoms. The number of aromatic nitrogens is 2. The molecule has 0 aliphatic carbocycles. The van der Waals surface area contributed by atoms with Crippen molar-refractivity contribution in [3.8, 4) is 5.75 Å². The number of benzene rings is 1. The number of hydrogen-bond acceptors (Lipinski definition) is 4. The van der Waals surface area contributed by atoms with Crippen LogP contribution >= 0.6 is 11.3 Å². The first kappa shape index (κ1) is 12.2. The molecule has 3 rings (SSSR count). The Morgan fingerprint density at radius 1 is 1.32 bits per heavy atom. The Labute approximate surface area is 115 Å². The van der Waals surface area contributed by atoms with E-state index in [0.29, 0.717) is 6.61 Å². The van der Waals surface area contributed by atoms with Crippen molar-refractivity contribution in [2.24, 2.45) is 5.73 Å². The van der Waals surface area contributed by atoms with E-state index in [1.807, 2.05) is 29.6 Å². The minimum Gasteiger partial charge on any atom is -0.493 e. The minimum atomic E-state index is 0.0450. The van der Waals surface area contributed by atoms with Crippen LogP contribution in [0.25, 0.3) is 10.9 Å². The maximum absolute atomic E-state index is 6.11. The zero-order valence-electron chi connectivity index (χ0n) is 10.4. The fourth-order valence-electron chi connectivity index (χ4n) is 2.01. The van der Waals surface area contributed by atoms with Gasteiger partial charge in [-0.1, -0.05) is 12.1 Å². The number of nitrogens with zero attached hydrogens (tertiary/aromatic N) is 1. The van der Waals surface area contributed by atoms with Gasteiger partial charge in [0.15, 0.2) is 0 Å². The SMILES string of the molecule is NC(CCOc1cccc2[nH]ncc12)c1cccs1. The summed E-state index contributed by atoms with van der Waals surface area (Å²) in [6.45, 7) is 0.601. The summed E-state index contributed by atoms with van der Waals surface area (Å²) in [6, 6.07) is 10.0. The summed E-state index contributed by atoms with van der Waals surface area (Å²) in [5.74, 6) is 0.852. The monoisotopic (exact) mass is 273 g/mol. The van der Waals surface area contributed by atoms with E-state index in [1.54, 1.807) is 17.5 Å². The molecule has 0 bridgehead atoms. The lowest BCUT2D eigenvalue weighted by molar-refractivity contribution is 0.302. The van der Waals surface area contributed by atoms with Crippen LogP contribution in [0.3, 0.4) is 0 Å². The van der Waals surface area contributed by atoms with E-state index in [2.05, 4.69) is 16.3 Å². The van der Waals surface area contributed by atoms with E-state index in [0.717, 1.165) is 23.1 Å². The van der Waals surface area contributed by atoms with Crippen molar-refractivity contribution in [3.63, 3.8) is 0 Å². The molecule has 0 amide bonds.